The van der Waals surface area contributed by atoms with E-state index >= 15 is 0 Å². The van der Waals surface area contributed by atoms with E-state index in [4.69, 9.17) is 9.84 Å². The van der Waals surface area contributed by atoms with E-state index in [9.17, 15) is 14.4 Å². The molecule has 0 unspecified atom stereocenters. The molecule has 1 aromatic carbocycles. The van der Waals surface area contributed by atoms with Crippen molar-refractivity contribution in [2.75, 3.05) is 25.1 Å². The first-order valence-electron chi connectivity index (χ1n) is 8.81. The highest BCUT2D eigenvalue weighted by Crippen LogP contribution is 2.17. The molecule has 1 aromatic rings. The van der Waals surface area contributed by atoms with Crippen LogP contribution in [0.25, 0.3) is 0 Å². The zero-order valence-corrected chi connectivity index (χ0v) is 14.6. The average Bonchev–Trinajstić information content (AvgIpc) is 2.65. The number of carbonyl (C=O) groups is 3. The molecule has 142 valence electrons. The third-order valence-corrected chi connectivity index (χ3v) is 4.10. The molecule has 0 aliphatic heterocycles. The van der Waals surface area contributed by atoms with Gasteiger partial charge in [0.05, 0.1) is 12.2 Å². The van der Waals surface area contributed by atoms with Gasteiger partial charge in [-0.2, -0.15) is 0 Å². The van der Waals surface area contributed by atoms with Crippen molar-refractivity contribution in [3.8, 4) is 0 Å². The Morgan fingerprint density at radius 1 is 1.12 bits per heavy atom. The molecule has 0 atom stereocenters. The summed E-state index contributed by atoms with van der Waals surface area (Å²) >= 11 is 0. The number of imide groups is 1. The fourth-order valence-electron chi connectivity index (χ4n) is 2.85. The van der Waals surface area contributed by atoms with Crippen LogP contribution >= 0.6 is 0 Å². The van der Waals surface area contributed by atoms with Crippen molar-refractivity contribution < 1.29 is 24.2 Å². The van der Waals surface area contributed by atoms with Crippen LogP contribution in [-0.4, -0.2) is 48.8 Å². The molecule has 26 heavy (non-hydrogen) atoms. The minimum absolute atomic E-state index is 0.0815. The zero-order chi connectivity index (χ0) is 18.8. The topological polar surface area (TPSA) is 117 Å². The Morgan fingerprint density at radius 2 is 1.85 bits per heavy atom. The quantitative estimate of drug-likeness (QED) is 0.544. The molecule has 0 spiro atoms. The number of para-hydroxylation sites is 1. The lowest BCUT2D eigenvalue weighted by atomic mass is 9.96. The highest BCUT2D eigenvalue weighted by atomic mass is 16.5. The van der Waals surface area contributed by atoms with E-state index in [1.165, 1.54) is 6.42 Å². The van der Waals surface area contributed by atoms with Crippen LogP contribution in [0.1, 0.15) is 42.5 Å². The summed E-state index contributed by atoms with van der Waals surface area (Å²) in [5, 5.41) is 16.7. The van der Waals surface area contributed by atoms with Gasteiger partial charge >= 0.3 is 12.0 Å². The highest BCUT2D eigenvalue weighted by Gasteiger charge is 2.18. The number of hydrogen-bond acceptors (Lipinski definition) is 6. The summed E-state index contributed by atoms with van der Waals surface area (Å²) < 4.78 is 4.97. The molecule has 8 nitrogen and oxygen atoms in total. The Labute approximate surface area is 152 Å². The maximum atomic E-state index is 12.1. The standard InChI is InChI=1S/C18H25N3O5/c22-11-10-19-15-9-5-4-8-14(15)17(24)26-12-16(23)21-18(25)20-13-6-2-1-3-7-13/h4-5,8-9,13,19,22H,1-3,6-7,10-12H2,(H2,20,21,23,25). The first-order chi connectivity index (χ1) is 12.6. The van der Waals surface area contributed by atoms with Gasteiger partial charge in [-0.25, -0.2) is 9.59 Å². The van der Waals surface area contributed by atoms with E-state index in [-0.39, 0.29) is 24.8 Å². The monoisotopic (exact) mass is 363 g/mol. The highest BCUT2D eigenvalue weighted by molar-refractivity contribution is 5.99. The lowest BCUT2D eigenvalue weighted by molar-refractivity contribution is -0.123. The maximum absolute atomic E-state index is 12.1. The summed E-state index contributed by atoms with van der Waals surface area (Å²) in [5.41, 5.74) is 0.752. The minimum Gasteiger partial charge on any atom is -0.452 e. The summed E-state index contributed by atoms with van der Waals surface area (Å²) in [4.78, 5) is 35.7. The second-order valence-corrected chi connectivity index (χ2v) is 6.13. The van der Waals surface area contributed by atoms with Gasteiger partial charge in [0, 0.05) is 18.3 Å². The molecular formula is C18H25N3O5. The van der Waals surface area contributed by atoms with Crippen molar-refractivity contribution >= 4 is 23.6 Å². The number of benzene rings is 1. The van der Waals surface area contributed by atoms with Crippen LogP contribution in [0.3, 0.4) is 0 Å². The number of ether oxygens (including phenoxy) is 1. The summed E-state index contributed by atoms with van der Waals surface area (Å²) in [6, 6.07) is 6.14. The summed E-state index contributed by atoms with van der Waals surface area (Å²) in [7, 11) is 0. The number of rotatable bonds is 7. The lowest BCUT2D eigenvalue weighted by Crippen LogP contribution is -2.46. The third-order valence-electron chi connectivity index (χ3n) is 4.10. The van der Waals surface area contributed by atoms with E-state index in [2.05, 4.69) is 16.0 Å². The van der Waals surface area contributed by atoms with Crippen molar-refractivity contribution in [3.05, 3.63) is 29.8 Å². The molecule has 1 aliphatic rings. The van der Waals surface area contributed by atoms with Crippen molar-refractivity contribution in [1.29, 1.82) is 0 Å². The number of carbonyl (C=O) groups excluding carboxylic acids is 3. The molecule has 1 saturated carbocycles. The number of anilines is 1. The van der Waals surface area contributed by atoms with Crippen LogP contribution in [0.2, 0.25) is 0 Å². The predicted molar refractivity (Wildman–Crippen MR) is 95.8 cm³/mol. The van der Waals surface area contributed by atoms with Gasteiger partial charge in [0.1, 0.15) is 0 Å². The first-order valence-corrected chi connectivity index (χ1v) is 8.81. The maximum Gasteiger partial charge on any atom is 0.340 e. The predicted octanol–water partition coefficient (Wildman–Crippen LogP) is 1.41. The summed E-state index contributed by atoms with van der Waals surface area (Å²) in [6.45, 7) is -0.348. The van der Waals surface area contributed by atoms with Gasteiger partial charge in [-0.15, -0.1) is 0 Å². The number of aliphatic hydroxyl groups is 1. The Morgan fingerprint density at radius 3 is 2.58 bits per heavy atom. The fourth-order valence-corrected chi connectivity index (χ4v) is 2.85. The molecule has 0 bridgehead atoms. The van der Waals surface area contributed by atoms with Crippen molar-refractivity contribution in [2.24, 2.45) is 0 Å². The van der Waals surface area contributed by atoms with Crippen LogP contribution < -0.4 is 16.0 Å². The number of esters is 1. The molecule has 0 saturated heterocycles. The van der Waals surface area contributed by atoms with Crippen molar-refractivity contribution in [3.63, 3.8) is 0 Å². The van der Waals surface area contributed by atoms with Crippen LogP contribution in [0.4, 0.5) is 10.5 Å². The lowest BCUT2D eigenvalue weighted by Gasteiger charge is -2.22. The average molecular weight is 363 g/mol. The molecule has 0 heterocycles. The molecular weight excluding hydrogens is 338 g/mol. The zero-order valence-electron chi connectivity index (χ0n) is 14.6. The van der Waals surface area contributed by atoms with Crippen LogP contribution in [-0.2, 0) is 9.53 Å². The van der Waals surface area contributed by atoms with E-state index in [0.29, 0.717) is 5.69 Å². The van der Waals surface area contributed by atoms with Gasteiger partial charge in [-0.3, -0.25) is 10.1 Å². The molecule has 8 heteroatoms. The smallest absolute Gasteiger partial charge is 0.340 e. The first kappa shape index (κ1) is 19.7. The number of urea groups is 1. The summed E-state index contributed by atoms with van der Waals surface area (Å²) in [6.07, 6.45) is 5.13. The van der Waals surface area contributed by atoms with E-state index < -0.39 is 24.5 Å². The van der Waals surface area contributed by atoms with Gasteiger partial charge in [0.15, 0.2) is 6.61 Å². The van der Waals surface area contributed by atoms with Gasteiger partial charge < -0.3 is 20.5 Å². The van der Waals surface area contributed by atoms with Gasteiger partial charge in [-0.05, 0) is 25.0 Å². The second kappa shape index (κ2) is 10.4. The fraction of sp³-hybridized carbons (Fsp3) is 0.500. The van der Waals surface area contributed by atoms with E-state index in [0.717, 1.165) is 25.7 Å². The SMILES string of the molecule is O=C(COC(=O)c1ccccc1NCCO)NC(=O)NC1CCCCC1. The van der Waals surface area contributed by atoms with Gasteiger partial charge in [0.2, 0.25) is 0 Å². The number of amides is 3. The Balaban J connectivity index is 1.77. The minimum atomic E-state index is -0.688. The van der Waals surface area contributed by atoms with Crippen LogP contribution in [0.5, 0.6) is 0 Å². The van der Waals surface area contributed by atoms with Crippen molar-refractivity contribution in [1.82, 2.24) is 10.6 Å². The van der Waals surface area contributed by atoms with Crippen LogP contribution in [0, 0.1) is 0 Å². The number of hydrogen-bond donors (Lipinski definition) is 4. The van der Waals surface area contributed by atoms with Gasteiger partial charge in [-0.1, -0.05) is 31.4 Å². The summed E-state index contributed by atoms with van der Waals surface area (Å²) in [5.74, 6) is -1.37. The van der Waals surface area contributed by atoms with Gasteiger partial charge in [0.25, 0.3) is 5.91 Å². The Bertz CT molecular complexity index is 629. The van der Waals surface area contributed by atoms with E-state index in [1.807, 2.05) is 0 Å². The molecule has 2 rings (SSSR count). The molecule has 1 fully saturated rings. The third kappa shape index (κ3) is 6.36. The largest absolute Gasteiger partial charge is 0.452 e. The van der Waals surface area contributed by atoms with E-state index in [1.54, 1.807) is 24.3 Å². The van der Waals surface area contributed by atoms with Crippen LogP contribution in [0.15, 0.2) is 24.3 Å². The molecule has 4 N–H and O–H groups in total. The second-order valence-electron chi connectivity index (χ2n) is 6.13. The molecule has 3 amide bonds. The Hall–Kier alpha value is -2.61. The number of aliphatic hydroxyl groups excluding tert-OH is 1. The molecule has 1 aliphatic carbocycles. The van der Waals surface area contributed by atoms with Crippen molar-refractivity contribution in [2.45, 2.75) is 38.1 Å². The molecule has 0 radical (unpaired) electrons. The Kier molecular flexibility index (Phi) is 7.88. The normalized spacial score (nSPS) is 14.3. The molecule has 0 aromatic heterocycles. The number of nitrogens with one attached hydrogen (secondary N) is 3.